The van der Waals surface area contributed by atoms with Crippen molar-refractivity contribution in [3.05, 3.63) is 0 Å². The monoisotopic (exact) mass is 182 g/mol. The summed E-state index contributed by atoms with van der Waals surface area (Å²) < 4.78 is 0. The Balaban J connectivity index is 3.79. The molecule has 0 saturated carbocycles. The van der Waals surface area contributed by atoms with Crippen molar-refractivity contribution in [3.8, 4) is 0 Å². The molecule has 0 fully saturated rings. The van der Waals surface area contributed by atoms with Gasteiger partial charge in [-0.15, -0.1) is 0 Å². The van der Waals surface area contributed by atoms with Crippen molar-refractivity contribution in [3.63, 3.8) is 0 Å². The van der Waals surface area contributed by atoms with Crippen LogP contribution in [0, 0.1) is 0 Å². The second kappa shape index (κ2) is 5.90. The van der Waals surface area contributed by atoms with Crippen LogP contribution >= 0.6 is 7.26 Å². The summed E-state index contributed by atoms with van der Waals surface area (Å²) in [5.74, 6) is 0. The van der Waals surface area contributed by atoms with Crippen LogP contribution < -0.4 is 0 Å². The van der Waals surface area contributed by atoms with E-state index in [-0.39, 0.29) is 19.8 Å². The van der Waals surface area contributed by atoms with E-state index in [0.29, 0.717) is 0 Å². The van der Waals surface area contributed by atoms with E-state index in [1.807, 2.05) is 0 Å². The standard InChI is InChI=1S/C7H19O3P/c1-11(5-2-8,6-3-9)7-4-10/h8-11H,2-7H2,1H3. The summed E-state index contributed by atoms with van der Waals surface area (Å²) in [6, 6.07) is 0. The molecule has 4 heteroatoms. The number of aliphatic hydroxyl groups excluding tert-OH is 3. The predicted octanol–water partition coefficient (Wildman–Crippen LogP) is -0.657. The molecular weight excluding hydrogens is 163 g/mol. The van der Waals surface area contributed by atoms with Crippen molar-refractivity contribution >= 4 is 7.26 Å². The van der Waals surface area contributed by atoms with E-state index in [9.17, 15) is 0 Å². The Morgan fingerprint density at radius 3 is 1.27 bits per heavy atom. The fourth-order valence-electron chi connectivity index (χ4n) is 1.18. The zero-order chi connectivity index (χ0) is 8.74. The van der Waals surface area contributed by atoms with Crippen LogP contribution in [0.5, 0.6) is 0 Å². The average Bonchev–Trinajstić information content (AvgIpc) is 1.88. The van der Waals surface area contributed by atoms with Crippen LogP contribution in [0.15, 0.2) is 0 Å². The molecule has 0 aromatic rings. The first-order valence-corrected chi connectivity index (χ1v) is 7.13. The van der Waals surface area contributed by atoms with Crippen LogP contribution in [0.3, 0.4) is 0 Å². The Kier molecular flexibility index (Phi) is 6.06. The first kappa shape index (κ1) is 11.3. The Bertz CT molecular complexity index is 80.7. The van der Waals surface area contributed by atoms with Gasteiger partial charge in [-0.2, -0.15) is 0 Å². The third-order valence-corrected chi connectivity index (χ3v) is 6.44. The molecule has 0 aliphatic rings. The molecule has 0 aliphatic heterocycles. The normalized spacial score (nSPS) is 13.5. The molecule has 0 saturated heterocycles. The third kappa shape index (κ3) is 4.70. The summed E-state index contributed by atoms with van der Waals surface area (Å²) in [7, 11) is -1.50. The number of rotatable bonds is 6. The zero-order valence-corrected chi connectivity index (χ0v) is 8.08. The van der Waals surface area contributed by atoms with Gasteiger partial charge in [0, 0.05) is 0 Å². The van der Waals surface area contributed by atoms with Crippen LogP contribution in [0.2, 0.25) is 0 Å². The molecule has 0 atom stereocenters. The van der Waals surface area contributed by atoms with Gasteiger partial charge in [0.05, 0.1) is 0 Å². The van der Waals surface area contributed by atoms with Gasteiger partial charge in [-0.25, -0.2) is 0 Å². The van der Waals surface area contributed by atoms with Crippen molar-refractivity contribution < 1.29 is 15.3 Å². The molecule has 0 aliphatic carbocycles. The molecule has 0 aromatic heterocycles. The van der Waals surface area contributed by atoms with E-state index in [1.165, 1.54) is 0 Å². The molecule has 3 N–H and O–H groups in total. The number of aliphatic hydroxyl groups is 3. The van der Waals surface area contributed by atoms with Gasteiger partial charge in [0.15, 0.2) is 0 Å². The third-order valence-electron chi connectivity index (χ3n) is 2.15. The molecule has 0 heterocycles. The molecule has 11 heavy (non-hydrogen) atoms. The van der Waals surface area contributed by atoms with Crippen LogP contribution in [0.25, 0.3) is 0 Å². The summed E-state index contributed by atoms with van der Waals surface area (Å²) in [6.07, 6.45) is 2.36. The van der Waals surface area contributed by atoms with Gasteiger partial charge in [-0.05, 0) is 0 Å². The second-order valence-corrected chi connectivity index (χ2v) is 8.35. The fraction of sp³-hybridized carbons (Fsp3) is 1.00. The number of hydrogen-bond donors (Lipinski definition) is 3. The van der Waals surface area contributed by atoms with Crippen molar-refractivity contribution in [2.24, 2.45) is 0 Å². The molecule has 0 unspecified atom stereocenters. The minimum absolute atomic E-state index is 0.183. The molecule has 3 nitrogen and oxygen atoms in total. The molecule has 70 valence electrons. The molecule has 0 amide bonds. The van der Waals surface area contributed by atoms with Crippen LogP contribution in [0.4, 0.5) is 0 Å². The van der Waals surface area contributed by atoms with Gasteiger partial charge in [-0.1, -0.05) is 0 Å². The van der Waals surface area contributed by atoms with Crippen LogP contribution in [0.1, 0.15) is 0 Å². The topological polar surface area (TPSA) is 60.7 Å². The molecule has 0 spiro atoms. The van der Waals surface area contributed by atoms with Crippen LogP contribution in [-0.2, 0) is 0 Å². The maximum atomic E-state index is 8.73. The van der Waals surface area contributed by atoms with E-state index in [2.05, 4.69) is 6.66 Å². The van der Waals surface area contributed by atoms with Crippen molar-refractivity contribution in [1.29, 1.82) is 0 Å². The van der Waals surface area contributed by atoms with Gasteiger partial charge < -0.3 is 0 Å². The van der Waals surface area contributed by atoms with E-state index < -0.39 is 7.26 Å². The van der Waals surface area contributed by atoms with Crippen molar-refractivity contribution in [2.45, 2.75) is 0 Å². The summed E-state index contributed by atoms with van der Waals surface area (Å²) in [5, 5.41) is 26.2. The molecule has 0 bridgehead atoms. The van der Waals surface area contributed by atoms with Gasteiger partial charge in [0.1, 0.15) is 0 Å². The van der Waals surface area contributed by atoms with E-state index in [4.69, 9.17) is 15.3 Å². The second-order valence-electron chi connectivity index (χ2n) is 3.23. The zero-order valence-electron chi connectivity index (χ0n) is 7.08. The Morgan fingerprint density at radius 2 is 1.09 bits per heavy atom. The molecule has 0 radical (unpaired) electrons. The summed E-state index contributed by atoms with van der Waals surface area (Å²) in [5.41, 5.74) is 0. The Morgan fingerprint density at radius 1 is 0.818 bits per heavy atom. The van der Waals surface area contributed by atoms with E-state index in [0.717, 1.165) is 18.5 Å². The Labute approximate surface area is 68.4 Å². The fourth-order valence-corrected chi connectivity index (χ4v) is 3.55. The molecule has 0 aromatic carbocycles. The quantitative estimate of drug-likeness (QED) is 0.478. The Hall–Kier alpha value is 0.310. The first-order chi connectivity index (χ1) is 5.18. The van der Waals surface area contributed by atoms with Crippen molar-refractivity contribution in [2.75, 3.05) is 45.0 Å². The van der Waals surface area contributed by atoms with Gasteiger partial charge in [0.25, 0.3) is 0 Å². The average molecular weight is 182 g/mol. The van der Waals surface area contributed by atoms with E-state index >= 15 is 0 Å². The summed E-state index contributed by atoms with van der Waals surface area (Å²) in [4.78, 5) is 0. The SMILES string of the molecule is C[PH](CCO)(CCO)CCO. The molecule has 0 rings (SSSR count). The van der Waals surface area contributed by atoms with Crippen molar-refractivity contribution in [1.82, 2.24) is 0 Å². The van der Waals surface area contributed by atoms with Crippen LogP contribution in [-0.4, -0.2) is 60.3 Å². The predicted molar refractivity (Wildman–Crippen MR) is 50.1 cm³/mol. The van der Waals surface area contributed by atoms with Gasteiger partial charge in [0.2, 0.25) is 0 Å². The van der Waals surface area contributed by atoms with E-state index in [1.54, 1.807) is 0 Å². The minimum atomic E-state index is -1.50. The summed E-state index contributed by atoms with van der Waals surface area (Å²) >= 11 is 0. The number of hydrogen-bond acceptors (Lipinski definition) is 3. The summed E-state index contributed by atoms with van der Waals surface area (Å²) in [6.45, 7) is 2.66. The van der Waals surface area contributed by atoms with Gasteiger partial charge >= 0.3 is 67.6 Å². The van der Waals surface area contributed by atoms with Gasteiger partial charge in [-0.3, -0.25) is 0 Å². The maximum absolute atomic E-state index is 8.73. The molecular formula is C7H19O3P. The first-order valence-electron chi connectivity index (χ1n) is 4.01.